The normalized spacial score (nSPS) is 11.1. The van der Waals surface area contributed by atoms with Gasteiger partial charge in [-0.25, -0.2) is 14.2 Å². The summed E-state index contributed by atoms with van der Waals surface area (Å²) < 4.78 is 29.9. The highest BCUT2D eigenvalue weighted by molar-refractivity contribution is 7.14. The number of nitrogens with zero attached hydrogens (tertiary/aromatic N) is 3. The Labute approximate surface area is 203 Å². The minimum Gasteiger partial charge on any atom is -0.382 e. The lowest BCUT2D eigenvalue weighted by atomic mass is 10.1. The van der Waals surface area contributed by atoms with Crippen molar-refractivity contribution in [1.29, 1.82) is 0 Å². The fourth-order valence-corrected chi connectivity index (χ4v) is 4.23. The van der Waals surface area contributed by atoms with Gasteiger partial charge in [0, 0.05) is 36.2 Å². The molecule has 0 atom stereocenters. The lowest BCUT2D eigenvalue weighted by molar-refractivity contribution is 0.0739. The molecule has 34 heavy (non-hydrogen) atoms. The highest BCUT2D eigenvalue weighted by Gasteiger charge is 2.16. The zero-order valence-corrected chi connectivity index (χ0v) is 19.9. The van der Waals surface area contributed by atoms with Gasteiger partial charge in [0.05, 0.1) is 31.1 Å². The third-order valence-corrected chi connectivity index (χ3v) is 6.10. The van der Waals surface area contributed by atoms with Gasteiger partial charge in [-0.05, 0) is 29.8 Å². The summed E-state index contributed by atoms with van der Waals surface area (Å²) >= 11 is 7.49. The highest BCUT2D eigenvalue weighted by atomic mass is 35.5. The van der Waals surface area contributed by atoms with Crippen LogP contribution in [-0.2, 0) is 16.0 Å². The standard InChI is InChI=1S/C23H22ClFN4O4S/c1-31-10-11-32-9-8-29(22-26-20(14-34-22)16-3-5-17(24)6-4-16)13-15-2-7-18(19(25)12-15)21-27-23(30)33-28-21/h2-7,12,14H,8-11,13H2,1H3,(H,27,28,30). The Kier molecular flexibility index (Phi) is 8.07. The zero-order chi connectivity index (χ0) is 23.9. The number of H-pyrrole nitrogens is 1. The molecular weight excluding hydrogens is 483 g/mol. The summed E-state index contributed by atoms with van der Waals surface area (Å²) in [5.41, 5.74) is 2.68. The van der Waals surface area contributed by atoms with Gasteiger partial charge in [0.1, 0.15) is 5.82 Å². The first kappa shape index (κ1) is 24.1. The molecule has 2 aromatic heterocycles. The summed E-state index contributed by atoms with van der Waals surface area (Å²) in [6.07, 6.45) is 0. The van der Waals surface area contributed by atoms with Crippen LogP contribution >= 0.6 is 22.9 Å². The highest BCUT2D eigenvalue weighted by Crippen LogP contribution is 2.29. The summed E-state index contributed by atoms with van der Waals surface area (Å²) in [5.74, 6) is -1.21. The molecule has 0 aliphatic rings. The van der Waals surface area contributed by atoms with Crippen LogP contribution in [0.15, 0.2) is 57.2 Å². The van der Waals surface area contributed by atoms with Crippen molar-refractivity contribution in [3.05, 3.63) is 74.8 Å². The van der Waals surface area contributed by atoms with E-state index in [0.29, 0.717) is 37.9 Å². The van der Waals surface area contributed by atoms with E-state index in [0.717, 1.165) is 22.0 Å². The van der Waals surface area contributed by atoms with E-state index in [9.17, 15) is 9.18 Å². The lowest BCUT2D eigenvalue weighted by Crippen LogP contribution is -2.27. The van der Waals surface area contributed by atoms with Gasteiger partial charge >= 0.3 is 5.76 Å². The number of aromatic nitrogens is 3. The van der Waals surface area contributed by atoms with Crippen molar-refractivity contribution in [1.82, 2.24) is 15.1 Å². The van der Waals surface area contributed by atoms with Crippen molar-refractivity contribution in [2.45, 2.75) is 6.54 Å². The summed E-state index contributed by atoms with van der Waals surface area (Å²) in [6.45, 7) is 2.41. The molecule has 0 aliphatic heterocycles. The maximum absolute atomic E-state index is 14.8. The van der Waals surface area contributed by atoms with Crippen LogP contribution < -0.4 is 10.7 Å². The van der Waals surface area contributed by atoms with Crippen LogP contribution in [0.2, 0.25) is 5.02 Å². The predicted octanol–water partition coefficient (Wildman–Crippen LogP) is 4.62. The van der Waals surface area contributed by atoms with E-state index in [1.165, 1.54) is 17.4 Å². The molecule has 1 N–H and O–H groups in total. The number of nitrogens with one attached hydrogen (secondary N) is 1. The lowest BCUT2D eigenvalue weighted by Gasteiger charge is -2.22. The smallest absolute Gasteiger partial charge is 0.382 e. The summed E-state index contributed by atoms with van der Waals surface area (Å²) in [6, 6.07) is 12.2. The van der Waals surface area contributed by atoms with E-state index < -0.39 is 11.6 Å². The van der Waals surface area contributed by atoms with Crippen molar-refractivity contribution in [3.63, 3.8) is 0 Å². The molecule has 0 bridgehead atoms. The van der Waals surface area contributed by atoms with E-state index in [2.05, 4.69) is 14.7 Å². The van der Waals surface area contributed by atoms with Crippen LogP contribution in [0.25, 0.3) is 22.6 Å². The number of methoxy groups -OCH3 is 1. The molecule has 2 aromatic carbocycles. The van der Waals surface area contributed by atoms with Crippen LogP contribution in [0.1, 0.15) is 5.56 Å². The molecule has 0 fully saturated rings. The Morgan fingerprint density at radius 3 is 2.71 bits per heavy atom. The monoisotopic (exact) mass is 504 g/mol. The van der Waals surface area contributed by atoms with E-state index >= 15 is 0 Å². The van der Waals surface area contributed by atoms with Gasteiger partial charge in [-0.15, -0.1) is 11.3 Å². The van der Waals surface area contributed by atoms with E-state index in [-0.39, 0.29) is 11.4 Å². The molecule has 8 nitrogen and oxygen atoms in total. The first-order valence-electron chi connectivity index (χ1n) is 10.4. The van der Waals surface area contributed by atoms with Crippen LogP contribution in [-0.4, -0.2) is 48.6 Å². The fraction of sp³-hybridized carbons (Fsp3) is 0.261. The Morgan fingerprint density at radius 2 is 2.00 bits per heavy atom. The third kappa shape index (κ3) is 6.09. The Bertz CT molecular complexity index is 1270. The molecule has 4 rings (SSSR count). The first-order chi connectivity index (χ1) is 16.5. The summed E-state index contributed by atoms with van der Waals surface area (Å²) in [7, 11) is 1.62. The average molecular weight is 505 g/mol. The zero-order valence-electron chi connectivity index (χ0n) is 18.3. The van der Waals surface area contributed by atoms with E-state index in [4.69, 9.17) is 26.1 Å². The molecule has 0 spiro atoms. The second kappa shape index (κ2) is 11.4. The average Bonchev–Trinajstić information content (AvgIpc) is 3.48. The SMILES string of the molecule is COCCOCCN(Cc1ccc(-c2noc(=O)[nH]2)c(F)c1)c1nc(-c2ccc(Cl)cc2)cs1. The second-order valence-corrected chi connectivity index (χ2v) is 8.58. The predicted molar refractivity (Wildman–Crippen MR) is 129 cm³/mol. The van der Waals surface area contributed by atoms with Crippen molar-refractivity contribution in [2.24, 2.45) is 0 Å². The van der Waals surface area contributed by atoms with E-state index in [1.54, 1.807) is 19.2 Å². The Morgan fingerprint density at radius 1 is 1.18 bits per heavy atom. The van der Waals surface area contributed by atoms with Crippen molar-refractivity contribution < 1.29 is 18.4 Å². The van der Waals surface area contributed by atoms with Gasteiger partial charge in [0.2, 0.25) is 0 Å². The Hall–Kier alpha value is -3.05. The number of anilines is 1. The summed E-state index contributed by atoms with van der Waals surface area (Å²) in [5, 5.41) is 6.97. The molecule has 0 saturated carbocycles. The van der Waals surface area contributed by atoms with Crippen LogP contribution in [0.5, 0.6) is 0 Å². The molecule has 178 valence electrons. The quantitative estimate of drug-likeness (QED) is 0.298. The number of hydrogen-bond acceptors (Lipinski definition) is 8. The molecular formula is C23H22ClFN4O4S. The molecule has 2 heterocycles. The van der Waals surface area contributed by atoms with Crippen molar-refractivity contribution in [2.75, 3.05) is 38.4 Å². The van der Waals surface area contributed by atoms with Gasteiger partial charge in [0.15, 0.2) is 11.0 Å². The molecule has 11 heteroatoms. The number of benzene rings is 2. The number of hydrogen-bond donors (Lipinski definition) is 1. The molecule has 0 radical (unpaired) electrons. The number of rotatable bonds is 11. The van der Waals surface area contributed by atoms with Crippen molar-refractivity contribution in [3.8, 4) is 22.6 Å². The molecule has 0 amide bonds. The van der Waals surface area contributed by atoms with Gasteiger partial charge in [-0.3, -0.25) is 9.51 Å². The third-order valence-electron chi connectivity index (χ3n) is 4.94. The molecule has 0 saturated heterocycles. The minimum atomic E-state index is -0.738. The maximum atomic E-state index is 14.8. The van der Waals surface area contributed by atoms with Crippen LogP contribution in [0.3, 0.4) is 0 Å². The largest absolute Gasteiger partial charge is 0.439 e. The minimum absolute atomic E-state index is 0.0463. The van der Waals surface area contributed by atoms with Gasteiger partial charge < -0.3 is 14.4 Å². The molecule has 0 unspecified atom stereocenters. The molecule has 0 aliphatic carbocycles. The summed E-state index contributed by atoms with van der Waals surface area (Å²) in [4.78, 5) is 20.4. The van der Waals surface area contributed by atoms with Gasteiger partial charge in [-0.2, -0.15) is 0 Å². The topological polar surface area (TPSA) is 93.5 Å². The Balaban J connectivity index is 1.53. The number of halogens is 2. The van der Waals surface area contributed by atoms with E-state index in [1.807, 2.05) is 34.5 Å². The fourth-order valence-electron chi connectivity index (χ4n) is 3.24. The number of ether oxygens (including phenoxy) is 2. The first-order valence-corrected chi connectivity index (χ1v) is 11.7. The van der Waals surface area contributed by atoms with Gasteiger partial charge in [-0.1, -0.05) is 35.0 Å². The maximum Gasteiger partial charge on any atom is 0.439 e. The van der Waals surface area contributed by atoms with Gasteiger partial charge in [0.25, 0.3) is 0 Å². The van der Waals surface area contributed by atoms with Crippen LogP contribution in [0, 0.1) is 5.82 Å². The second-order valence-electron chi connectivity index (χ2n) is 7.31. The van der Waals surface area contributed by atoms with Crippen molar-refractivity contribution >= 4 is 28.1 Å². The number of aromatic amines is 1. The number of thiazole rings is 1. The molecule has 4 aromatic rings. The van der Waals surface area contributed by atoms with Crippen LogP contribution in [0.4, 0.5) is 9.52 Å².